The molecule has 110 valence electrons. The van der Waals surface area contributed by atoms with Crippen LogP contribution in [-0.4, -0.2) is 47.7 Å². The Bertz CT molecular complexity index is 565. The van der Waals surface area contributed by atoms with Crippen molar-refractivity contribution in [2.24, 2.45) is 0 Å². The zero-order valence-electron chi connectivity index (χ0n) is 12.3. The van der Waals surface area contributed by atoms with E-state index in [0.29, 0.717) is 26.4 Å². The second-order valence-electron chi connectivity index (χ2n) is 5.04. The molecular formula is C15H22N2O3. The third kappa shape index (κ3) is 3.56. The van der Waals surface area contributed by atoms with Crippen molar-refractivity contribution in [1.29, 1.82) is 0 Å². The van der Waals surface area contributed by atoms with Crippen LogP contribution in [0.25, 0.3) is 11.0 Å². The molecule has 1 heterocycles. The number of rotatable bonds is 7. The highest BCUT2D eigenvalue weighted by Gasteiger charge is 2.10. The number of benzene rings is 1. The van der Waals surface area contributed by atoms with Crippen molar-refractivity contribution in [3.8, 4) is 0 Å². The highest BCUT2D eigenvalue weighted by Crippen LogP contribution is 2.18. The summed E-state index contributed by atoms with van der Waals surface area (Å²) < 4.78 is 12.2. The molecule has 1 aromatic heterocycles. The molecule has 20 heavy (non-hydrogen) atoms. The zero-order valence-corrected chi connectivity index (χ0v) is 12.3. The Morgan fingerprint density at radius 2 is 2.00 bits per heavy atom. The third-order valence-electron chi connectivity index (χ3n) is 3.39. The Morgan fingerprint density at radius 3 is 2.75 bits per heavy atom. The zero-order chi connectivity index (χ0) is 14.5. The molecule has 0 radical (unpaired) electrons. The number of hydrogen-bond donors (Lipinski definition) is 1. The first-order valence-electron chi connectivity index (χ1n) is 6.78. The summed E-state index contributed by atoms with van der Waals surface area (Å²) >= 11 is 0. The van der Waals surface area contributed by atoms with Gasteiger partial charge in [-0.15, -0.1) is 0 Å². The topological polar surface area (TPSA) is 56.5 Å². The lowest BCUT2D eigenvalue weighted by Gasteiger charge is -2.13. The number of methoxy groups -OCH3 is 1. The summed E-state index contributed by atoms with van der Waals surface area (Å²) in [5.74, 6) is 0. The van der Waals surface area contributed by atoms with Crippen LogP contribution in [0.1, 0.15) is 11.1 Å². The average Bonchev–Trinajstić information content (AvgIpc) is 2.78. The van der Waals surface area contributed by atoms with Gasteiger partial charge < -0.3 is 19.1 Å². The molecule has 0 spiro atoms. The van der Waals surface area contributed by atoms with Crippen molar-refractivity contribution in [1.82, 2.24) is 9.55 Å². The molecule has 2 rings (SSSR count). The standard InChI is InChI=1S/C15H22N2O3/c1-11-6-14-15(7-12(11)2)17(10-16-14)8-13(18)9-20-5-4-19-3/h6-7,10,13,18H,4-5,8-9H2,1-3H3. The number of ether oxygens (including phenoxy) is 2. The van der Waals surface area contributed by atoms with Gasteiger partial charge >= 0.3 is 0 Å². The molecule has 0 aliphatic carbocycles. The first-order chi connectivity index (χ1) is 9.61. The van der Waals surface area contributed by atoms with E-state index in [1.54, 1.807) is 13.4 Å². The van der Waals surface area contributed by atoms with Crippen molar-refractivity contribution >= 4 is 11.0 Å². The maximum atomic E-state index is 9.99. The van der Waals surface area contributed by atoms with E-state index in [1.165, 1.54) is 11.1 Å². The Hall–Kier alpha value is -1.43. The number of imidazole rings is 1. The molecule has 1 atom stereocenters. The summed E-state index contributed by atoms with van der Waals surface area (Å²) in [5.41, 5.74) is 4.46. The van der Waals surface area contributed by atoms with E-state index in [-0.39, 0.29) is 0 Å². The van der Waals surface area contributed by atoms with E-state index < -0.39 is 6.10 Å². The highest BCUT2D eigenvalue weighted by molar-refractivity contribution is 5.77. The lowest BCUT2D eigenvalue weighted by atomic mass is 10.1. The van der Waals surface area contributed by atoms with Crippen molar-refractivity contribution in [3.63, 3.8) is 0 Å². The summed E-state index contributed by atoms with van der Waals surface area (Å²) in [6.07, 6.45) is 1.22. The van der Waals surface area contributed by atoms with Crippen molar-refractivity contribution in [2.75, 3.05) is 26.9 Å². The van der Waals surface area contributed by atoms with Crippen LogP contribution >= 0.6 is 0 Å². The smallest absolute Gasteiger partial charge is 0.0959 e. The largest absolute Gasteiger partial charge is 0.389 e. The van der Waals surface area contributed by atoms with Gasteiger partial charge in [-0.1, -0.05) is 0 Å². The van der Waals surface area contributed by atoms with Crippen LogP contribution in [0, 0.1) is 13.8 Å². The fraction of sp³-hybridized carbons (Fsp3) is 0.533. The van der Waals surface area contributed by atoms with Gasteiger partial charge in [0.1, 0.15) is 0 Å². The number of fused-ring (bicyclic) bond motifs is 1. The van der Waals surface area contributed by atoms with E-state index >= 15 is 0 Å². The van der Waals surface area contributed by atoms with Gasteiger partial charge in [-0.2, -0.15) is 0 Å². The minimum atomic E-state index is -0.550. The van der Waals surface area contributed by atoms with E-state index in [4.69, 9.17) is 9.47 Å². The Morgan fingerprint density at radius 1 is 1.25 bits per heavy atom. The first kappa shape index (κ1) is 15.0. The molecular weight excluding hydrogens is 256 g/mol. The molecule has 1 N–H and O–H groups in total. The third-order valence-corrected chi connectivity index (χ3v) is 3.39. The molecule has 5 nitrogen and oxygen atoms in total. The first-order valence-corrected chi connectivity index (χ1v) is 6.78. The normalized spacial score (nSPS) is 13.0. The van der Waals surface area contributed by atoms with Gasteiger partial charge in [0.2, 0.25) is 0 Å². The van der Waals surface area contributed by atoms with Gasteiger partial charge in [-0.05, 0) is 37.1 Å². The SMILES string of the molecule is COCCOCC(O)Cn1cnc2cc(C)c(C)cc21. The fourth-order valence-corrected chi connectivity index (χ4v) is 2.10. The number of aliphatic hydroxyl groups is 1. The quantitative estimate of drug-likeness (QED) is 0.783. The monoisotopic (exact) mass is 278 g/mol. The summed E-state index contributed by atoms with van der Waals surface area (Å²) in [6, 6.07) is 4.18. The number of hydrogen-bond acceptors (Lipinski definition) is 4. The molecule has 0 fully saturated rings. The van der Waals surface area contributed by atoms with Gasteiger partial charge in [0, 0.05) is 7.11 Å². The maximum absolute atomic E-state index is 9.99. The lowest BCUT2D eigenvalue weighted by molar-refractivity contribution is 0.00761. The molecule has 0 amide bonds. The molecule has 0 saturated carbocycles. The summed E-state index contributed by atoms with van der Waals surface area (Å²) in [7, 11) is 1.63. The molecule has 2 aromatic rings. The molecule has 1 aromatic carbocycles. The van der Waals surface area contributed by atoms with E-state index in [2.05, 4.69) is 31.0 Å². The minimum absolute atomic E-state index is 0.299. The Balaban J connectivity index is 2.00. The number of aliphatic hydroxyl groups excluding tert-OH is 1. The van der Waals surface area contributed by atoms with Crippen molar-refractivity contribution < 1.29 is 14.6 Å². The predicted octanol–water partition coefficient (Wildman–Crippen LogP) is 1.68. The highest BCUT2D eigenvalue weighted by atomic mass is 16.5. The number of aryl methyl sites for hydroxylation is 2. The van der Waals surface area contributed by atoms with E-state index in [1.807, 2.05) is 4.57 Å². The molecule has 0 aliphatic heterocycles. The molecule has 1 unspecified atom stereocenters. The summed E-state index contributed by atoms with van der Waals surface area (Å²) in [4.78, 5) is 4.37. The Labute approximate surface area is 119 Å². The van der Waals surface area contributed by atoms with Crippen LogP contribution in [0.5, 0.6) is 0 Å². The minimum Gasteiger partial charge on any atom is -0.389 e. The second-order valence-corrected chi connectivity index (χ2v) is 5.04. The van der Waals surface area contributed by atoms with Crippen LogP contribution < -0.4 is 0 Å². The Kier molecular flexibility index (Phi) is 5.11. The van der Waals surface area contributed by atoms with Crippen LogP contribution in [0.3, 0.4) is 0 Å². The summed E-state index contributed by atoms with van der Waals surface area (Å²) in [5, 5.41) is 9.99. The summed E-state index contributed by atoms with van der Waals surface area (Å²) in [6.45, 7) is 5.97. The van der Waals surface area contributed by atoms with Gasteiger partial charge in [0.25, 0.3) is 0 Å². The van der Waals surface area contributed by atoms with E-state index in [0.717, 1.165) is 11.0 Å². The van der Waals surface area contributed by atoms with Crippen LogP contribution in [0.2, 0.25) is 0 Å². The fourth-order valence-electron chi connectivity index (χ4n) is 2.10. The lowest BCUT2D eigenvalue weighted by Crippen LogP contribution is -2.22. The average molecular weight is 278 g/mol. The predicted molar refractivity (Wildman–Crippen MR) is 77.9 cm³/mol. The van der Waals surface area contributed by atoms with Crippen molar-refractivity contribution in [2.45, 2.75) is 26.5 Å². The van der Waals surface area contributed by atoms with Crippen LogP contribution in [0.15, 0.2) is 18.5 Å². The van der Waals surface area contributed by atoms with Gasteiger partial charge in [-0.25, -0.2) is 4.98 Å². The van der Waals surface area contributed by atoms with Gasteiger partial charge in [-0.3, -0.25) is 0 Å². The second kappa shape index (κ2) is 6.83. The van der Waals surface area contributed by atoms with E-state index in [9.17, 15) is 5.11 Å². The van der Waals surface area contributed by atoms with Crippen LogP contribution in [-0.2, 0) is 16.0 Å². The van der Waals surface area contributed by atoms with Crippen molar-refractivity contribution in [3.05, 3.63) is 29.6 Å². The maximum Gasteiger partial charge on any atom is 0.0959 e. The molecule has 5 heteroatoms. The molecule has 0 aliphatic rings. The van der Waals surface area contributed by atoms with Crippen LogP contribution in [0.4, 0.5) is 0 Å². The molecule has 0 saturated heterocycles. The van der Waals surface area contributed by atoms with Gasteiger partial charge in [0.15, 0.2) is 0 Å². The molecule has 0 bridgehead atoms. The number of nitrogens with zero attached hydrogens (tertiary/aromatic N) is 2. The number of aromatic nitrogens is 2. The van der Waals surface area contributed by atoms with Gasteiger partial charge in [0.05, 0.1) is 49.8 Å².